The van der Waals surface area contributed by atoms with Crippen LogP contribution in [0.1, 0.15) is 49.8 Å². The van der Waals surface area contributed by atoms with E-state index in [1.165, 1.54) is 48.9 Å². The number of hydrogen-bond donors (Lipinski definition) is 1. The standard InChI is InChI=1S/C19H29BN2/c1-4-6-17-13-19(22-3)16(5-2)12-18(17)11-15-7-9-20(14-21)10-8-15/h12-13,15,22H,4-11H2,1-3H3. The second-order valence-corrected chi connectivity index (χ2v) is 6.68. The van der Waals surface area contributed by atoms with Gasteiger partial charge in [0, 0.05) is 18.7 Å². The molecule has 1 heterocycles. The van der Waals surface area contributed by atoms with E-state index in [1.807, 2.05) is 7.05 Å². The predicted molar refractivity (Wildman–Crippen MR) is 96.8 cm³/mol. The summed E-state index contributed by atoms with van der Waals surface area (Å²) in [6.07, 6.45) is 9.28. The molecule has 1 saturated heterocycles. The zero-order valence-electron chi connectivity index (χ0n) is 14.4. The summed E-state index contributed by atoms with van der Waals surface area (Å²) in [7, 11) is 2.02. The van der Waals surface area contributed by atoms with E-state index in [0.717, 1.165) is 25.0 Å². The molecule has 1 aliphatic rings. The molecule has 1 aromatic rings. The lowest BCUT2D eigenvalue weighted by Crippen LogP contribution is -2.21. The van der Waals surface area contributed by atoms with Gasteiger partial charge in [-0.1, -0.05) is 51.8 Å². The second-order valence-electron chi connectivity index (χ2n) is 6.68. The van der Waals surface area contributed by atoms with Crippen molar-refractivity contribution in [1.29, 1.82) is 5.26 Å². The summed E-state index contributed by atoms with van der Waals surface area (Å²) in [5, 5.41) is 12.4. The average Bonchev–Trinajstić information content (AvgIpc) is 2.56. The Morgan fingerprint density at radius 1 is 1.18 bits per heavy atom. The van der Waals surface area contributed by atoms with Crippen LogP contribution in [-0.2, 0) is 19.3 Å². The van der Waals surface area contributed by atoms with Gasteiger partial charge in [0.05, 0.1) is 0 Å². The molecule has 0 aromatic heterocycles. The highest BCUT2D eigenvalue weighted by molar-refractivity contribution is 6.67. The Balaban J connectivity index is 2.16. The third-order valence-electron chi connectivity index (χ3n) is 5.13. The molecule has 0 radical (unpaired) electrons. The molecular formula is C19H29BN2. The maximum Gasteiger partial charge on any atom is 0.267 e. The fourth-order valence-electron chi connectivity index (χ4n) is 3.76. The lowest BCUT2D eigenvalue weighted by atomic mass is 9.41. The quantitative estimate of drug-likeness (QED) is 0.769. The van der Waals surface area contributed by atoms with Crippen LogP contribution >= 0.6 is 0 Å². The van der Waals surface area contributed by atoms with Crippen LogP contribution in [0.15, 0.2) is 12.1 Å². The van der Waals surface area contributed by atoms with Crippen LogP contribution in [0.5, 0.6) is 0 Å². The number of nitrogens with zero attached hydrogens (tertiary/aromatic N) is 1. The highest BCUT2D eigenvalue weighted by Gasteiger charge is 2.25. The number of hydrogen-bond acceptors (Lipinski definition) is 2. The minimum Gasteiger partial charge on any atom is -0.388 e. The number of nitrogens with one attached hydrogen (secondary N) is 1. The number of rotatable bonds is 6. The summed E-state index contributed by atoms with van der Waals surface area (Å²) >= 11 is 0. The fourth-order valence-corrected chi connectivity index (χ4v) is 3.76. The highest BCUT2D eigenvalue weighted by Crippen LogP contribution is 2.31. The highest BCUT2D eigenvalue weighted by atomic mass is 14.8. The molecule has 0 aliphatic carbocycles. The monoisotopic (exact) mass is 296 g/mol. The molecule has 2 rings (SSSR count). The SMILES string of the molecule is CCCc1cc(NC)c(CC)cc1CC1CCB(C#N)CC1. The lowest BCUT2D eigenvalue weighted by molar-refractivity contribution is 0.469. The van der Waals surface area contributed by atoms with Crippen molar-refractivity contribution in [2.24, 2.45) is 5.92 Å². The van der Waals surface area contributed by atoms with E-state index in [-0.39, 0.29) is 0 Å². The van der Waals surface area contributed by atoms with Crippen LogP contribution in [0.3, 0.4) is 0 Å². The molecule has 1 aromatic carbocycles. The minimum atomic E-state index is 0.309. The molecule has 2 nitrogen and oxygen atoms in total. The summed E-state index contributed by atoms with van der Waals surface area (Å²) in [6, 6.07) is 4.81. The van der Waals surface area contributed by atoms with E-state index in [4.69, 9.17) is 5.26 Å². The van der Waals surface area contributed by atoms with Crippen molar-refractivity contribution >= 4 is 12.4 Å². The third-order valence-corrected chi connectivity index (χ3v) is 5.13. The molecule has 0 unspecified atom stereocenters. The largest absolute Gasteiger partial charge is 0.388 e. The molecule has 22 heavy (non-hydrogen) atoms. The van der Waals surface area contributed by atoms with E-state index in [1.54, 1.807) is 5.56 Å². The van der Waals surface area contributed by atoms with Gasteiger partial charge in [-0.25, -0.2) is 5.26 Å². The van der Waals surface area contributed by atoms with Gasteiger partial charge in [0.1, 0.15) is 0 Å². The van der Waals surface area contributed by atoms with Crippen LogP contribution in [0.25, 0.3) is 0 Å². The first-order chi connectivity index (χ1) is 10.7. The van der Waals surface area contributed by atoms with Crippen LogP contribution in [-0.4, -0.2) is 13.8 Å². The van der Waals surface area contributed by atoms with E-state index < -0.39 is 0 Å². The molecule has 1 fully saturated rings. The van der Waals surface area contributed by atoms with Crippen LogP contribution < -0.4 is 5.32 Å². The molecule has 1 aliphatic heterocycles. The van der Waals surface area contributed by atoms with Gasteiger partial charge in [-0.05, 0) is 47.9 Å². The molecular weight excluding hydrogens is 267 g/mol. The number of benzene rings is 1. The topological polar surface area (TPSA) is 35.8 Å². The van der Waals surface area contributed by atoms with Crippen LogP contribution in [0, 0.1) is 17.1 Å². The Kier molecular flexibility index (Phi) is 6.37. The van der Waals surface area contributed by atoms with Gasteiger partial charge in [0.25, 0.3) is 6.71 Å². The van der Waals surface area contributed by atoms with Crippen molar-refractivity contribution < 1.29 is 0 Å². The Bertz CT molecular complexity index is 525. The van der Waals surface area contributed by atoms with Crippen LogP contribution in [0.2, 0.25) is 12.6 Å². The fraction of sp³-hybridized carbons (Fsp3) is 0.632. The molecule has 0 amide bonds. The maximum absolute atomic E-state index is 9.05. The molecule has 118 valence electrons. The average molecular weight is 296 g/mol. The van der Waals surface area contributed by atoms with Crippen molar-refractivity contribution in [3.05, 3.63) is 28.8 Å². The Morgan fingerprint density at radius 2 is 1.91 bits per heavy atom. The van der Waals surface area contributed by atoms with E-state index >= 15 is 0 Å². The normalized spacial score (nSPS) is 15.6. The molecule has 0 spiro atoms. The Labute approximate surface area is 136 Å². The third kappa shape index (κ3) is 4.06. The van der Waals surface area contributed by atoms with Gasteiger partial charge < -0.3 is 5.32 Å². The van der Waals surface area contributed by atoms with E-state index in [2.05, 4.69) is 37.3 Å². The molecule has 0 saturated carbocycles. The zero-order valence-corrected chi connectivity index (χ0v) is 14.4. The summed E-state index contributed by atoms with van der Waals surface area (Å²) in [4.78, 5) is 0. The van der Waals surface area contributed by atoms with Gasteiger partial charge in [-0.15, -0.1) is 0 Å². The van der Waals surface area contributed by atoms with E-state index in [0.29, 0.717) is 6.71 Å². The zero-order chi connectivity index (χ0) is 15.9. The summed E-state index contributed by atoms with van der Waals surface area (Å²) in [5.41, 5.74) is 5.80. The molecule has 1 N–H and O–H groups in total. The van der Waals surface area contributed by atoms with Gasteiger partial charge in [0.15, 0.2) is 0 Å². The number of anilines is 1. The van der Waals surface area contributed by atoms with Crippen molar-refractivity contribution in [2.75, 3.05) is 12.4 Å². The Hall–Kier alpha value is -1.43. The molecule has 3 heteroatoms. The predicted octanol–water partition coefficient (Wildman–Crippen LogP) is 4.75. The van der Waals surface area contributed by atoms with Crippen LogP contribution in [0.4, 0.5) is 5.69 Å². The number of aryl methyl sites for hydroxylation is 2. The summed E-state index contributed by atoms with van der Waals surface area (Å²) in [6.45, 7) is 4.80. The van der Waals surface area contributed by atoms with E-state index in [9.17, 15) is 0 Å². The molecule has 0 bridgehead atoms. The van der Waals surface area contributed by atoms with Gasteiger partial charge >= 0.3 is 0 Å². The maximum atomic E-state index is 9.05. The second kappa shape index (κ2) is 8.27. The first kappa shape index (κ1) is 16.9. The van der Waals surface area contributed by atoms with Gasteiger partial charge in [0.2, 0.25) is 0 Å². The lowest BCUT2D eigenvalue weighted by Gasteiger charge is -2.25. The van der Waals surface area contributed by atoms with Crippen molar-refractivity contribution in [3.63, 3.8) is 0 Å². The molecule has 0 atom stereocenters. The minimum absolute atomic E-state index is 0.309. The Morgan fingerprint density at radius 3 is 2.45 bits per heavy atom. The first-order valence-corrected chi connectivity index (χ1v) is 8.93. The van der Waals surface area contributed by atoms with Gasteiger partial charge in [-0.2, -0.15) is 0 Å². The summed E-state index contributed by atoms with van der Waals surface area (Å²) in [5.74, 6) is 3.21. The smallest absolute Gasteiger partial charge is 0.267 e. The van der Waals surface area contributed by atoms with Crippen molar-refractivity contribution in [3.8, 4) is 5.97 Å². The number of nitriles is 1. The van der Waals surface area contributed by atoms with Crippen molar-refractivity contribution in [2.45, 2.75) is 65.0 Å². The van der Waals surface area contributed by atoms with Gasteiger partial charge in [-0.3, -0.25) is 0 Å². The van der Waals surface area contributed by atoms with Crippen molar-refractivity contribution in [1.82, 2.24) is 0 Å². The first-order valence-electron chi connectivity index (χ1n) is 8.93. The summed E-state index contributed by atoms with van der Waals surface area (Å²) < 4.78 is 0.